The average molecular weight is 309 g/mol. The van der Waals surface area contributed by atoms with Crippen molar-refractivity contribution in [1.82, 2.24) is 0 Å². The quantitative estimate of drug-likeness (QED) is 0.756. The summed E-state index contributed by atoms with van der Waals surface area (Å²) in [6.07, 6.45) is 2.46. The number of hydrogen-bond acceptors (Lipinski definition) is 1. The standard InChI is InChI=1S/C17H18F3NO/c1-3-12-7-6-8-13(11-12)21(2)16(22)14-9-4-5-10-15(14)17(18,19)20/h1,6-8,11,14-15H,4-5,9-10H2,2H3/t14-,15-/m1/s1. The summed E-state index contributed by atoms with van der Waals surface area (Å²) in [7, 11) is 1.50. The molecule has 0 spiro atoms. The summed E-state index contributed by atoms with van der Waals surface area (Å²) >= 11 is 0. The summed E-state index contributed by atoms with van der Waals surface area (Å²) < 4.78 is 39.4. The molecule has 1 aliphatic carbocycles. The molecule has 0 bridgehead atoms. The van der Waals surface area contributed by atoms with Crippen molar-refractivity contribution in [3.05, 3.63) is 29.8 Å². The van der Waals surface area contributed by atoms with Crippen LogP contribution in [-0.2, 0) is 4.79 Å². The van der Waals surface area contributed by atoms with Gasteiger partial charge in [-0.15, -0.1) is 6.42 Å². The van der Waals surface area contributed by atoms with Crippen molar-refractivity contribution in [2.24, 2.45) is 11.8 Å². The van der Waals surface area contributed by atoms with Crippen LogP contribution in [0.2, 0.25) is 0 Å². The number of rotatable bonds is 2. The van der Waals surface area contributed by atoms with Crippen LogP contribution in [0, 0.1) is 24.2 Å². The summed E-state index contributed by atoms with van der Waals surface area (Å²) in [6, 6.07) is 6.70. The van der Waals surface area contributed by atoms with Gasteiger partial charge in [0.05, 0.1) is 5.92 Å². The van der Waals surface area contributed by atoms with Gasteiger partial charge in [-0.1, -0.05) is 24.8 Å². The first-order chi connectivity index (χ1) is 10.3. The lowest BCUT2D eigenvalue weighted by molar-refractivity contribution is -0.197. The number of benzene rings is 1. The van der Waals surface area contributed by atoms with Crippen molar-refractivity contribution in [3.63, 3.8) is 0 Å². The van der Waals surface area contributed by atoms with Gasteiger partial charge in [0, 0.05) is 24.2 Å². The molecule has 0 unspecified atom stereocenters. The number of nitrogens with zero attached hydrogens (tertiary/aromatic N) is 1. The van der Waals surface area contributed by atoms with E-state index in [0.717, 1.165) is 0 Å². The van der Waals surface area contributed by atoms with Gasteiger partial charge in [-0.3, -0.25) is 4.79 Å². The zero-order valence-corrected chi connectivity index (χ0v) is 12.4. The smallest absolute Gasteiger partial charge is 0.315 e. The van der Waals surface area contributed by atoms with E-state index < -0.39 is 23.9 Å². The summed E-state index contributed by atoms with van der Waals surface area (Å²) in [5.41, 5.74) is 1.11. The molecule has 5 heteroatoms. The van der Waals surface area contributed by atoms with Crippen molar-refractivity contribution in [3.8, 4) is 12.3 Å². The van der Waals surface area contributed by atoms with Crippen LogP contribution in [0.4, 0.5) is 18.9 Å². The fourth-order valence-electron chi connectivity index (χ4n) is 3.00. The molecule has 0 aliphatic heterocycles. The Hall–Kier alpha value is -1.96. The maximum atomic E-state index is 13.1. The van der Waals surface area contributed by atoms with Gasteiger partial charge in [0.15, 0.2) is 0 Å². The SMILES string of the molecule is C#Cc1cccc(N(C)C(=O)[C@@H]2CCCC[C@H]2C(F)(F)F)c1. The minimum atomic E-state index is -4.33. The van der Waals surface area contributed by atoms with E-state index in [4.69, 9.17) is 6.42 Å². The number of halogens is 3. The molecular formula is C17H18F3NO. The van der Waals surface area contributed by atoms with Crippen molar-refractivity contribution >= 4 is 11.6 Å². The molecule has 1 saturated carbocycles. The number of carbonyl (C=O) groups is 1. The largest absolute Gasteiger partial charge is 0.392 e. The maximum Gasteiger partial charge on any atom is 0.392 e. The van der Waals surface area contributed by atoms with E-state index >= 15 is 0 Å². The Kier molecular flexibility index (Phi) is 4.80. The van der Waals surface area contributed by atoms with E-state index in [2.05, 4.69) is 5.92 Å². The highest BCUT2D eigenvalue weighted by Gasteiger charge is 2.48. The lowest BCUT2D eigenvalue weighted by Crippen LogP contribution is -2.43. The molecule has 2 atom stereocenters. The fourth-order valence-corrected chi connectivity index (χ4v) is 3.00. The number of carbonyl (C=O) groups excluding carboxylic acids is 1. The van der Waals surface area contributed by atoms with E-state index in [1.807, 2.05) is 0 Å². The fraction of sp³-hybridized carbons (Fsp3) is 0.471. The molecule has 0 radical (unpaired) electrons. The molecule has 0 aromatic heterocycles. The molecule has 118 valence electrons. The van der Waals surface area contributed by atoms with E-state index in [-0.39, 0.29) is 12.8 Å². The third-order valence-electron chi connectivity index (χ3n) is 4.23. The van der Waals surface area contributed by atoms with Gasteiger partial charge in [0.2, 0.25) is 5.91 Å². The van der Waals surface area contributed by atoms with Crippen molar-refractivity contribution in [2.45, 2.75) is 31.9 Å². The molecule has 22 heavy (non-hydrogen) atoms. The highest BCUT2D eigenvalue weighted by atomic mass is 19.4. The number of hydrogen-bond donors (Lipinski definition) is 0. The Morgan fingerprint density at radius 3 is 2.64 bits per heavy atom. The molecule has 1 amide bonds. The lowest BCUT2D eigenvalue weighted by Gasteiger charge is -2.34. The average Bonchev–Trinajstić information content (AvgIpc) is 2.52. The van der Waals surface area contributed by atoms with Gasteiger partial charge in [-0.05, 0) is 31.0 Å². The first-order valence-electron chi connectivity index (χ1n) is 7.25. The van der Waals surface area contributed by atoms with Crippen LogP contribution >= 0.6 is 0 Å². The Morgan fingerprint density at radius 2 is 2.00 bits per heavy atom. The normalized spacial score (nSPS) is 22.0. The summed E-state index contributed by atoms with van der Waals surface area (Å²) in [5.74, 6) is -0.589. The van der Waals surface area contributed by atoms with E-state index in [1.54, 1.807) is 24.3 Å². The topological polar surface area (TPSA) is 20.3 Å². The molecule has 0 N–H and O–H groups in total. The minimum absolute atomic E-state index is 0.0259. The molecule has 2 rings (SSSR count). The third kappa shape index (κ3) is 3.44. The maximum absolute atomic E-state index is 13.1. The number of amides is 1. The van der Waals surface area contributed by atoms with Crippen LogP contribution in [0.1, 0.15) is 31.2 Å². The molecule has 1 fully saturated rings. The Morgan fingerprint density at radius 1 is 1.32 bits per heavy atom. The van der Waals surface area contributed by atoms with Gasteiger partial charge in [-0.2, -0.15) is 13.2 Å². The highest BCUT2D eigenvalue weighted by molar-refractivity contribution is 5.95. The van der Waals surface area contributed by atoms with Gasteiger partial charge in [-0.25, -0.2) is 0 Å². The summed E-state index contributed by atoms with van der Waals surface area (Å²) in [5, 5.41) is 0. The van der Waals surface area contributed by atoms with Crippen LogP contribution in [-0.4, -0.2) is 19.1 Å². The second kappa shape index (κ2) is 6.43. The second-order valence-corrected chi connectivity index (χ2v) is 5.63. The van der Waals surface area contributed by atoms with Crippen LogP contribution < -0.4 is 4.90 Å². The van der Waals surface area contributed by atoms with Crippen LogP contribution in [0.15, 0.2) is 24.3 Å². The molecule has 1 aromatic rings. The Bertz CT molecular complexity index is 588. The molecule has 1 aliphatic rings. The molecule has 2 nitrogen and oxygen atoms in total. The molecule has 0 heterocycles. The highest BCUT2D eigenvalue weighted by Crippen LogP contribution is 2.42. The monoisotopic (exact) mass is 309 g/mol. The van der Waals surface area contributed by atoms with Crippen molar-refractivity contribution in [2.75, 3.05) is 11.9 Å². The number of alkyl halides is 3. The molecular weight excluding hydrogens is 291 g/mol. The second-order valence-electron chi connectivity index (χ2n) is 5.63. The van der Waals surface area contributed by atoms with E-state index in [9.17, 15) is 18.0 Å². The predicted molar refractivity (Wildman–Crippen MR) is 79.3 cm³/mol. The van der Waals surface area contributed by atoms with Gasteiger partial charge in [0.25, 0.3) is 0 Å². The predicted octanol–water partition coefficient (Wildman–Crippen LogP) is 4.00. The van der Waals surface area contributed by atoms with Crippen LogP contribution in [0.5, 0.6) is 0 Å². The van der Waals surface area contributed by atoms with Crippen LogP contribution in [0.25, 0.3) is 0 Å². The van der Waals surface area contributed by atoms with Crippen molar-refractivity contribution < 1.29 is 18.0 Å². The Balaban J connectivity index is 2.23. The molecule has 0 saturated heterocycles. The Labute approximate surface area is 128 Å². The van der Waals surface area contributed by atoms with Crippen molar-refractivity contribution in [1.29, 1.82) is 0 Å². The number of anilines is 1. The first-order valence-corrected chi connectivity index (χ1v) is 7.25. The van der Waals surface area contributed by atoms with Crippen LogP contribution in [0.3, 0.4) is 0 Å². The van der Waals surface area contributed by atoms with E-state index in [0.29, 0.717) is 24.1 Å². The number of terminal acetylenes is 1. The minimum Gasteiger partial charge on any atom is -0.315 e. The zero-order valence-electron chi connectivity index (χ0n) is 12.4. The van der Waals surface area contributed by atoms with Gasteiger partial charge < -0.3 is 4.90 Å². The zero-order chi connectivity index (χ0) is 16.3. The first kappa shape index (κ1) is 16.4. The van der Waals surface area contributed by atoms with Gasteiger partial charge in [0.1, 0.15) is 0 Å². The summed E-state index contributed by atoms with van der Waals surface area (Å²) in [6.45, 7) is 0. The lowest BCUT2D eigenvalue weighted by atomic mass is 9.78. The third-order valence-corrected chi connectivity index (χ3v) is 4.23. The molecule has 1 aromatic carbocycles. The van der Waals surface area contributed by atoms with Gasteiger partial charge >= 0.3 is 6.18 Å². The summed E-state index contributed by atoms with van der Waals surface area (Å²) in [4.78, 5) is 13.8. The van der Waals surface area contributed by atoms with E-state index in [1.165, 1.54) is 11.9 Å².